The van der Waals surface area contributed by atoms with Gasteiger partial charge < -0.3 is 20.4 Å². The average molecular weight is 492 g/mol. The van der Waals surface area contributed by atoms with Crippen molar-refractivity contribution < 1.29 is 14.4 Å². The molecule has 2 heterocycles. The molecule has 0 atom stereocenters. The SMILES string of the molecule is CN(C)C/C=C/C(=O)N1CCC(NC(=O)C2=NCC=C2NC(=O)c2c(Cl)cccc2Cl)CC1. The predicted octanol–water partition coefficient (Wildman–Crippen LogP) is 2.29. The lowest BCUT2D eigenvalue weighted by Crippen LogP contribution is -2.48. The highest BCUT2D eigenvalue weighted by atomic mass is 35.5. The van der Waals surface area contributed by atoms with Crippen molar-refractivity contribution in [1.82, 2.24) is 20.4 Å². The Morgan fingerprint density at radius 1 is 1.15 bits per heavy atom. The maximum absolute atomic E-state index is 12.8. The molecule has 3 rings (SSSR count). The summed E-state index contributed by atoms with van der Waals surface area (Å²) in [5.74, 6) is -0.888. The lowest BCUT2D eigenvalue weighted by molar-refractivity contribution is -0.127. The average Bonchev–Trinajstić information content (AvgIpc) is 3.22. The molecule has 1 saturated heterocycles. The van der Waals surface area contributed by atoms with Crippen LogP contribution in [0.4, 0.5) is 0 Å². The maximum Gasteiger partial charge on any atom is 0.271 e. The van der Waals surface area contributed by atoms with Crippen molar-refractivity contribution in [1.29, 1.82) is 0 Å². The van der Waals surface area contributed by atoms with Crippen molar-refractivity contribution in [3.8, 4) is 0 Å². The molecule has 1 fully saturated rings. The number of carbonyl (C=O) groups excluding carboxylic acids is 3. The number of amides is 3. The van der Waals surface area contributed by atoms with Gasteiger partial charge in [-0.15, -0.1) is 0 Å². The number of hydrogen-bond donors (Lipinski definition) is 2. The Balaban J connectivity index is 1.52. The Morgan fingerprint density at radius 2 is 1.82 bits per heavy atom. The van der Waals surface area contributed by atoms with E-state index in [2.05, 4.69) is 15.6 Å². The van der Waals surface area contributed by atoms with E-state index in [1.54, 1.807) is 35.3 Å². The fourth-order valence-electron chi connectivity index (χ4n) is 3.58. The molecule has 0 bridgehead atoms. The lowest BCUT2D eigenvalue weighted by atomic mass is 10.0. The van der Waals surface area contributed by atoms with Crippen LogP contribution >= 0.6 is 23.2 Å². The van der Waals surface area contributed by atoms with Gasteiger partial charge in [-0.05, 0) is 45.1 Å². The van der Waals surface area contributed by atoms with E-state index in [1.807, 2.05) is 25.1 Å². The summed E-state index contributed by atoms with van der Waals surface area (Å²) in [6.45, 7) is 2.12. The van der Waals surface area contributed by atoms with E-state index in [4.69, 9.17) is 23.2 Å². The van der Waals surface area contributed by atoms with Crippen molar-refractivity contribution >= 4 is 46.6 Å². The molecule has 1 aromatic carbocycles. The molecule has 33 heavy (non-hydrogen) atoms. The van der Waals surface area contributed by atoms with Gasteiger partial charge in [-0.3, -0.25) is 19.4 Å². The van der Waals surface area contributed by atoms with Crippen molar-refractivity contribution in [3.63, 3.8) is 0 Å². The molecule has 0 radical (unpaired) electrons. The van der Waals surface area contributed by atoms with E-state index in [0.717, 1.165) is 0 Å². The lowest BCUT2D eigenvalue weighted by Gasteiger charge is -2.31. The van der Waals surface area contributed by atoms with Crippen molar-refractivity contribution in [2.75, 3.05) is 40.3 Å². The summed E-state index contributed by atoms with van der Waals surface area (Å²) < 4.78 is 0. The van der Waals surface area contributed by atoms with Crippen LogP contribution in [0.15, 0.2) is 47.1 Å². The first kappa shape index (κ1) is 25.0. The topological polar surface area (TPSA) is 94.1 Å². The highest BCUT2D eigenvalue weighted by Crippen LogP contribution is 2.24. The second-order valence-electron chi connectivity index (χ2n) is 8.10. The molecule has 10 heteroatoms. The minimum atomic E-state index is -0.506. The monoisotopic (exact) mass is 491 g/mol. The van der Waals surface area contributed by atoms with Gasteiger partial charge in [-0.25, -0.2) is 0 Å². The summed E-state index contributed by atoms with van der Waals surface area (Å²) in [6, 6.07) is 4.71. The second-order valence-corrected chi connectivity index (χ2v) is 8.91. The van der Waals surface area contributed by atoms with Crippen LogP contribution in [0.2, 0.25) is 10.0 Å². The summed E-state index contributed by atoms with van der Waals surface area (Å²) in [4.78, 5) is 45.7. The number of benzene rings is 1. The Morgan fingerprint density at radius 3 is 2.45 bits per heavy atom. The minimum absolute atomic E-state index is 0.0204. The molecule has 176 valence electrons. The van der Waals surface area contributed by atoms with Gasteiger partial charge in [-0.1, -0.05) is 35.3 Å². The van der Waals surface area contributed by atoms with Gasteiger partial charge in [0.05, 0.1) is 27.9 Å². The molecule has 0 spiro atoms. The van der Waals surface area contributed by atoms with Gasteiger partial charge in [0.2, 0.25) is 5.91 Å². The number of likely N-dealkylation sites (tertiary alicyclic amines) is 1. The van der Waals surface area contributed by atoms with Crippen LogP contribution in [0.25, 0.3) is 0 Å². The summed E-state index contributed by atoms with van der Waals surface area (Å²) in [6.07, 6.45) is 6.39. The molecule has 0 aliphatic carbocycles. The zero-order valence-electron chi connectivity index (χ0n) is 18.6. The Labute approximate surface area is 203 Å². The van der Waals surface area contributed by atoms with Crippen LogP contribution in [-0.2, 0) is 9.59 Å². The first-order valence-corrected chi connectivity index (χ1v) is 11.4. The summed E-state index contributed by atoms with van der Waals surface area (Å²) in [5, 5.41) is 6.10. The van der Waals surface area contributed by atoms with Crippen LogP contribution in [-0.4, -0.2) is 79.5 Å². The maximum atomic E-state index is 12.8. The number of nitrogens with zero attached hydrogens (tertiary/aromatic N) is 3. The first-order valence-electron chi connectivity index (χ1n) is 10.7. The van der Waals surface area contributed by atoms with Crippen LogP contribution in [0.1, 0.15) is 23.2 Å². The third-order valence-electron chi connectivity index (χ3n) is 5.33. The van der Waals surface area contributed by atoms with Gasteiger partial charge in [0, 0.05) is 31.8 Å². The van der Waals surface area contributed by atoms with Crippen molar-refractivity contribution in [2.24, 2.45) is 4.99 Å². The minimum Gasteiger partial charge on any atom is -0.348 e. The number of aliphatic imine (C=N–C) groups is 1. The van der Waals surface area contributed by atoms with E-state index >= 15 is 0 Å². The smallest absolute Gasteiger partial charge is 0.271 e. The molecule has 2 aliphatic rings. The second kappa shape index (κ2) is 11.4. The molecule has 8 nitrogen and oxygen atoms in total. The molecule has 3 amide bonds. The molecule has 1 aromatic rings. The fourth-order valence-corrected chi connectivity index (χ4v) is 4.15. The Bertz CT molecular complexity index is 991. The molecule has 0 unspecified atom stereocenters. The normalized spacial score (nSPS) is 16.7. The van der Waals surface area contributed by atoms with Gasteiger partial charge >= 0.3 is 0 Å². The predicted molar refractivity (Wildman–Crippen MR) is 130 cm³/mol. The Kier molecular flexibility index (Phi) is 8.66. The third-order valence-corrected chi connectivity index (χ3v) is 5.96. The molecule has 2 N–H and O–H groups in total. The highest BCUT2D eigenvalue weighted by molar-refractivity contribution is 6.46. The van der Waals surface area contributed by atoms with Crippen LogP contribution < -0.4 is 10.6 Å². The molecule has 2 aliphatic heterocycles. The molecular formula is C23H27Cl2N5O3. The van der Waals surface area contributed by atoms with E-state index in [0.29, 0.717) is 44.7 Å². The van der Waals surface area contributed by atoms with Crippen molar-refractivity contribution in [3.05, 3.63) is 57.7 Å². The van der Waals surface area contributed by atoms with Crippen LogP contribution in [0.3, 0.4) is 0 Å². The van der Waals surface area contributed by atoms with E-state index in [-0.39, 0.29) is 39.2 Å². The first-order chi connectivity index (χ1) is 15.8. The largest absolute Gasteiger partial charge is 0.348 e. The van der Waals surface area contributed by atoms with Gasteiger partial charge in [-0.2, -0.15) is 0 Å². The third kappa shape index (κ3) is 6.66. The number of piperidine rings is 1. The number of likely N-dealkylation sites (N-methyl/N-ethyl adjacent to an activating group) is 1. The number of halogens is 2. The fraction of sp³-hybridized carbons (Fsp3) is 0.391. The number of hydrogen-bond acceptors (Lipinski definition) is 5. The number of carbonyl (C=O) groups is 3. The van der Waals surface area contributed by atoms with Gasteiger partial charge in [0.1, 0.15) is 5.71 Å². The van der Waals surface area contributed by atoms with E-state index in [1.165, 1.54) is 0 Å². The molecule has 0 saturated carbocycles. The number of rotatable bonds is 7. The Hall–Kier alpha value is -2.68. The zero-order valence-corrected chi connectivity index (χ0v) is 20.1. The van der Waals surface area contributed by atoms with Crippen molar-refractivity contribution in [2.45, 2.75) is 18.9 Å². The van der Waals surface area contributed by atoms with Crippen LogP contribution in [0, 0.1) is 0 Å². The standard InChI is InChI=1S/C23H27Cl2N5O3/c1-29(2)12-4-7-19(31)30-13-9-15(10-14-30)27-23(33)21-18(8-11-26-21)28-22(32)20-16(24)5-3-6-17(20)25/h3-8,15H,9-14H2,1-2H3,(H,27,33)(H,28,32)/b7-4+. The summed E-state index contributed by atoms with van der Waals surface area (Å²) >= 11 is 12.2. The quantitative estimate of drug-likeness (QED) is 0.572. The van der Waals surface area contributed by atoms with Gasteiger partial charge in [0.15, 0.2) is 0 Å². The molecular weight excluding hydrogens is 465 g/mol. The van der Waals surface area contributed by atoms with Gasteiger partial charge in [0.25, 0.3) is 11.8 Å². The summed E-state index contributed by atoms with van der Waals surface area (Å²) in [7, 11) is 3.88. The zero-order chi connectivity index (χ0) is 24.0. The van der Waals surface area contributed by atoms with Crippen LogP contribution in [0.5, 0.6) is 0 Å². The van der Waals surface area contributed by atoms with E-state index < -0.39 is 5.91 Å². The van der Waals surface area contributed by atoms with E-state index in [9.17, 15) is 14.4 Å². The summed E-state index contributed by atoms with van der Waals surface area (Å²) in [5.41, 5.74) is 0.633. The number of nitrogens with one attached hydrogen (secondary N) is 2. The highest BCUT2D eigenvalue weighted by Gasteiger charge is 2.28. The molecule has 0 aromatic heterocycles.